The van der Waals surface area contributed by atoms with E-state index < -0.39 is 0 Å². The number of benzene rings is 1. The van der Waals surface area contributed by atoms with Crippen molar-refractivity contribution in [2.75, 3.05) is 6.61 Å². The van der Waals surface area contributed by atoms with Gasteiger partial charge in [-0.05, 0) is 44.7 Å². The zero-order valence-corrected chi connectivity index (χ0v) is 13.0. The number of halogens is 1. The molecule has 1 amide bonds. The highest BCUT2D eigenvalue weighted by Gasteiger charge is 2.33. The van der Waals surface area contributed by atoms with Gasteiger partial charge in [0.05, 0.1) is 0 Å². The Bertz CT molecular complexity index is 523. The van der Waals surface area contributed by atoms with E-state index in [0.29, 0.717) is 22.9 Å². The third-order valence-corrected chi connectivity index (χ3v) is 4.82. The molecule has 4 nitrogen and oxygen atoms in total. The van der Waals surface area contributed by atoms with Crippen LogP contribution in [0.15, 0.2) is 18.2 Å². The second-order valence-electron chi connectivity index (χ2n) is 6.03. The molecule has 21 heavy (non-hydrogen) atoms. The lowest BCUT2D eigenvalue weighted by atomic mass is 10.00. The molecule has 2 heterocycles. The number of fused-ring (bicyclic) bond motifs is 2. The van der Waals surface area contributed by atoms with Crippen LogP contribution < -0.4 is 15.4 Å². The molecule has 2 aliphatic heterocycles. The molecule has 2 fully saturated rings. The highest BCUT2D eigenvalue weighted by molar-refractivity contribution is 6.31. The summed E-state index contributed by atoms with van der Waals surface area (Å²) in [5.74, 6) is 0.615. The minimum Gasteiger partial charge on any atom is -0.483 e. The molecule has 1 aromatic rings. The Labute approximate surface area is 130 Å². The predicted octanol–water partition coefficient (Wildman–Crippen LogP) is 2.43. The molecule has 2 saturated heterocycles. The molecule has 2 bridgehead atoms. The fourth-order valence-electron chi connectivity index (χ4n) is 3.33. The number of carbonyl (C=O) groups is 1. The van der Waals surface area contributed by atoms with E-state index in [-0.39, 0.29) is 18.6 Å². The lowest BCUT2D eigenvalue weighted by Crippen LogP contribution is -2.48. The molecular weight excluding hydrogens is 288 g/mol. The molecule has 2 unspecified atom stereocenters. The van der Waals surface area contributed by atoms with Crippen molar-refractivity contribution in [1.29, 1.82) is 0 Å². The lowest BCUT2D eigenvalue weighted by Gasteiger charge is -2.29. The standard InChI is InChI=1S/C16H21ClN2O2/c1-10-14(17)3-2-4-15(10)21-9-16(20)19-13-7-11-5-6-12(8-13)18-11/h2-4,11-13,18H,5-9H2,1H3,(H,19,20). The van der Waals surface area contributed by atoms with Gasteiger partial charge >= 0.3 is 0 Å². The Hall–Kier alpha value is -1.26. The maximum atomic E-state index is 12.0. The summed E-state index contributed by atoms with van der Waals surface area (Å²) in [6, 6.07) is 6.90. The largest absolute Gasteiger partial charge is 0.483 e. The third kappa shape index (κ3) is 3.50. The van der Waals surface area contributed by atoms with E-state index in [0.717, 1.165) is 18.4 Å². The van der Waals surface area contributed by atoms with E-state index in [1.54, 1.807) is 0 Å². The van der Waals surface area contributed by atoms with Gasteiger partial charge in [0.2, 0.25) is 0 Å². The topological polar surface area (TPSA) is 50.4 Å². The predicted molar refractivity (Wildman–Crippen MR) is 82.8 cm³/mol. The van der Waals surface area contributed by atoms with E-state index in [9.17, 15) is 4.79 Å². The van der Waals surface area contributed by atoms with Gasteiger partial charge in [0.15, 0.2) is 6.61 Å². The molecule has 0 radical (unpaired) electrons. The molecule has 5 heteroatoms. The van der Waals surface area contributed by atoms with Crippen LogP contribution in [-0.4, -0.2) is 30.6 Å². The van der Waals surface area contributed by atoms with Crippen molar-refractivity contribution in [3.63, 3.8) is 0 Å². The Balaban J connectivity index is 1.49. The average Bonchev–Trinajstić information content (AvgIpc) is 2.79. The molecule has 0 aliphatic carbocycles. The average molecular weight is 309 g/mol. The van der Waals surface area contributed by atoms with Gasteiger partial charge in [-0.2, -0.15) is 0 Å². The minimum atomic E-state index is -0.0549. The van der Waals surface area contributed by atoms with Crippen LogP contribution >= 0.6 is 11.6 Å². The van der Waals surface area contributed by atoms with Crippen LogP contribution in [0.2, 0.25) is 5.02 Å². The van der Waals surface area contributed by atoms with Crippen molar-refractivity contribution in [3.05, 3.63) is 28.8 Å². The number of hydrogen-bond donors (Lipinski definition) is 2. The maximum absolute atomic E-state index is 12.0. The lowest BCUT2D eigenvalue weighted by molar-refractivity contribution is -0.124. The highest BCUT2D eigenvalue weighted by atomic mass is 35.5. The van der Waals surface area contributed by atoms with Gasteiger partial charge < -0.3 is 15.4 Å². The Morgan fingerprint density at radius 3 is 2.81 bits per heavy atom. The fraction of sp³-hybridized carbons (Fsp3) is 0.562. The molecule has 3 rings (SSSR count). The van der Waals surface area contributed by atoms with Gasteiger partial charge in [-0.15, -0.1) is 0 Å². The summed E-state index contributed by atoms with van der Waals surface area (Å²) in [7, 11) is 0. The maximum Gasteiger partial charge on any atom is 0.258 e. The van der Waals surface area contributed by atoms with Crippen LogP contribution in [0.1, 0.15) is 31.2 Å². The third-order valence-electron chi connectivity index (χ3n) is 4.41. The molecule has 0 saturated carbocycles. The van der Waals surface area contributed by atoms with Crippen molar-refractivity contribution < 1.29 is 9.53 Å². The number of hydrogen-bond acceptors (Lipinski definition) is 3. The normalized spacial score (nSPS) is 27.4. The second-order valence-corrected chi connectivity index (χ2v) is 6.43. The van der Waals surface area contributed by atoms with Crippen molar-refractivity contribution in [1.82, 2.24) is 10.6 Å². The van der Waals surface area contributed by atoms with Crippen LogP contribution in [0, 0.1) is 6.92 Å². The number of nitrogens with one attached hydrogen (secondary N) is 2. The minimum absolute atomic E-state index is 0.0421. The van der Waals surface area contributed by atoms with Crippen molar-refractivity contribution in [2.45, 2.75) is 50.7 Å². The van der Waals surface area contributed by atoms with Crippen LogP contribution in [0.25, 0.3) is 0 Å². The molecule has 0 spiro atoms. The molecular formula is C16H21ClN2O2. The first kappa shape index (κ1) is 14.7. The number of ether oxygens (including phenoxy) is 1. The number of rotatable bonds is 4. The SMILES string of the molecule is Cc1c(Cl)cccc1OCC(=O)NC1CC2CCC(C1)N2. The first-order valence-electron chi connectivity index (χ1n) is 7.55. The van der Waals surface area contributed by atoms with Crippen molar-refractivity contribution in [3.8, 4) is 5.75 Å². The van der Waals surface area contributed by atoms with E-state index in [1.165, 1.54) is 12.8 Å². The van der Waals surface area contributed by atoms with E-state index in [1.807, 2.05) is 25.1 Å². The van der Waals surface area contributed by atoms with E-state index >= 15 is 0 Å². The zero-order chi connectivity index (χ0) is 14.8. The van der Waals surface area contributed by atoms with E-state index in [2.05, 4.69) is 10.6 Å². The van der Waals surface area contributed by atoms with Crippen LogP contribution in [0.3, 0.4) is 0 Å². The summed E-state index contributed by atoms with van der Waals surface area (Å²) in [5.41, 5.74) is 0.867. The van der Waals surface area contributed by atoms with Gasteiger partial charge in [0, 0.05) is 28.7 Å². The van der Waals surface area contributed by atoms with Crippen molar-refractivity contribution in [2.24, 2.45) is 0 Å². The number of carbonyl (C=O) groups excluding carboxylic acids is 1. The van der Waals surface area contributed by atoms with Gasteiger partial charge in [-0.1, -0.05) is 17.7 Å². The van der Waals surface area contributed by atoms with Gasteiger partial charge in [-0.3, -0.25) is 4.79 Å². The molecule has 2 aliphatic rings. The molecule has 1 aromatic carbocycles. The quantitative estimate of drug-likeness (QED) is 0.898. The summed E-state index contributed by atoms with van der Waals surface area (Å²) in [4.78, 5) is 12.0. The summed E-state index contributed by atoms with van der Waals surface area (Å²) in [6.45, 7) is 1.93. The smallest absolute Gasteiger partial charge is 0.258 e. The fourth-order valence-corrected chi connectivity index (χ4v) is 3.50. The Morgan fingerprint density at radius 2 is 2.10 bits per heavy atom. The zero-order valence-electron chi connectivity index (χ0n) is 12.2. The summed E-state index contributed by atoms with van der Waals surface area (Å²) in [6.07, 6.45) is 4.52. The summed E-state index contributed by atoms with van der Waals surface area (Å²) in [5, 5.41) is 7.31. The Kier molecular flexibility index (Phi) is 4.36. The van der Waals surface area contributed by atoms with E-state index in [4.69, 9.17) is 16.3 Å². The van der Waals surface area contributed by atoms with Gasteiger partial charge in [-0.25, -0.2) is 0 Å². The second kappa shape index (κ2) is 6.24. The van der Waals surface area contributed by atoms with Gasteiger partial charge in [0.25, 0.3) is 5.91 Å². The Morgan fingerprint density at radius 1 is 1.38 bits per heavy atom. The molecule has 114 valence electrons. The van der Waals surface area contributed by atoms with Crippen LogP contribution in [0.4, 0.5) is 0 Å². The van der Waals surface area contributed by atoms with Crippen LogP contribution in [0.5, 0.6) is 5.75 Å². The highest BCUT2D eigenvalue weighted by Crippen LogP contribution is 2.27. The molecule has 2 atom stereocenters. The molecule has 2 N–H and O–H groups in total. The summed E-state index contributed by atoms with van der Waals surface area (Å²) < 4.78 is 5.58. The monoisotopic (exact) mass is 308 g/mol. The molecule has 0 aromatic heterocycles. The summed E-state index contributed by atoms with van der Waals surface area (Å²) >= 11 is 6.04. The van der Waals surface area contributed by atoms with Crippen LogP contribution in [-0.2, 0) is 4.79 Å². The number of piperidine rings is 1. The van der Waals surface area contributed by atoms with Gasteiger partial charge in [0.1, 0.15) is 5.75 Å². The van der Waals surface area contributed by atoms with Crippen molar-refractivity contribution >= 4 is 17.5 Å². The first-order chi connectivity index (χ1) is 10.1. The first-order valence-corrected chi connectivity index (χ1v) is 7.93. The number of amides is 1.